The maximum atomic E-state index is 9.35. The van der Waals surface area contributed by atoms with Crippen molar-refractivity contribution in [2.24, 2.45) is 5.92 Å². The van der Waals surface area contributed by atoms with Gasteiger partial charge in [-0.3, -0.25) is 0 Å². The number of thioether (sulfide) groups is 1. The Hall–Kier alpha value is -1.18. The molecule has 1 aromatic rings. The summed E-state index contributed by atoms with van der Waals surface area (Å²) in [6.45, 7) is 5.28. The molecule has 0 spiro atoms. The molecule has 4 heteroatoms. The lowest BCUT2D eigenvalue weighted by molar-refractivity contribution is 0.393. The van der Waals surface area contributed by atoms with Gasteiger partial charge in [0.2, 0.25) is 0 Å². The first kappa shape index (κ1) is 14.2. The monoisotopic (exact) mass is 275 g/mol. The van der Waals surface area contributed by atoms with Gasteiger partial charge in [0, 0.05) is 11.4 Å². The summed E-state index contributed by atoms with van der Waals surface area (Å²) in [7, 11) is 0. The number of rotatable bonds is 5. The van der Waals surface area contributed by atoms with Gasteiger partial charge in [0.25, 0.3) is 0 Å². The molecule has 1 aromatic carbocycles. The molecule has 102 valence electrons. The Morgan fingerprint density at radius 3 is 3.11 bits per heavy atom. The third-order valence-electron chi connectivity index (χ3n) is 3.42. The van der Waals surface area contributed by atoms with Crippen LogP contribution >= 0.6 is 11.8 Å². The summed E-state index contributed by atoms with van der Waals surface area (Å²) in [6, 6.07) is 8.40. The first-order chi connectivity index (χ1) is 9.35. The molecule has 1 saturated heterocycles. The largest absolute Gasteiger partial charge is 0.384 e. The predicted molar refractivity (Wildman–Crippen MR) is 81.6 cm³/mol. The van der Waals surface area contributed by atoms with Crippen molar-refractivity contribution in [2.75, 3.05) is 30.7 Å². The fourth-order valence-corrected chi connectivity index (χ4v) is 3.21. The fraction of sp³-hybridized carbons (Fsp3) is 0.533. The van der Waals surface area contributed by atoms with E-state index >= 15 is 0 Å². The number of piperidine rings is 1. The molecule has 0 aromatic heterocycles. The number of hydrogen-bond donors (Lipinski definition) is 2. The Morgan fingerprint density at radius 2 is 2.42 bits per heavy atom. The summed E-state index contributed by atoms with van der Waals surface area (Å²) in [5.74, 6) is 1.66. The lowest BCUT2D eigenvalue weighted by atomic mass is 9.99. The van der Waals surface area contributed by atoms with Gasteiger partial charge in [-0.2, -0.15) is 5.26 Å². The zero-order chi connectivity index (χ0) is 13.5. The Bertz CT molecular complexity index is 447. The standard InChI is InChI=1S/C15H21N3S/c1-2-19-15-7-3-6-14(13(15)9-16)18-11-12-5-4-8-17-10-12/h3,6-7,12,17-18H,2,4-5,8,10-11H2,1H3. The third kappa shape index (κ3) is 3.89. The summed E-state index contributed by atoms with van der Waals surface area (Å²) < 4.78 is 0. The van der Waals surface area contributed by atoms with E-state index < -0.39 is 0 Å². The van der Waals surface area contributed by atoms with Crippen LogP contribution in [-0.4, -0.2) is 25.4 Å². The van der Waals surface area contributed by atoms with Crippen molar-refractivity contribution < 1.29 is 0 Å². The summed E-state index contributed by atoms with van der Waals surface area (Å²) in [5.41, 5.74) is 1.77. The van der Waals surface area contributed by atoms with E-state index in [0.717, 1.165) is 41.5 Å². The van der Waals surface area contributed by atoms with Crippen LogP contribution in [0.25, 0.3) is 0 Å². The minimum atomic E-state index is 0.669. The second-order valence-corrected chi connectivity index (χ2v) is 6.12. The highest BCUT2D eigenvalue weighted by atomic mass is 32.2. The molecule has 0 aliphatic carbocycles. The molecule has 1 aliphatic heterocycles. The Labute approximate surface area is 119 Å². The van der Waals surface area contributed by atoms with Crippen LogP contribution < -0.4 is 10.6 Å². The zero-order valence-corrected chi connectivity index (χ0v) is 12.2. The van der Waals surface area contributed by atoms with Gasteiger partial charge < -0.3 is 10.6 Å². The number of nitrogens with zero attached hydrogens (tertiary/aromatic N) is 1. The van der Waals surface area contributed by atoms with E-state index in [1.54, 1.807) is 11.8 Å². The van der Waals surface area contributed by atoms with Gasteiger partial charge >= 0.3 is 0 Å². The highest BCUT2D eigenvalue weighted by Gasteiger charge is 2.14. The van der Waals surface area contributed by atoms with Gasteiger partial charge in [0.05, 0.1) is 11.3 Å². The van der Waals surface area contributed by atoms with Crippen molar-refractivity contribution in [3.63, 3.8) is 0 Å². The Morgan fingerprint density at radius 1 is 1.53 bits per heavy atom. The van der Waals surface area contributed by atoms with Crippen LogP contribution in [0.2, 0.25) is 0 Å². The van der Waals surface area contributed by atoms with Crippen LogP contribution in [0.5, 0.6) is 0 Å². The summed E-state index contributed by atoms with van der Waals surface area (Å²) >= 11 is 1.73. The average molecular weight is 275 g/mol. The Balaban J connectivity index is 2.02. The van der Waals surface area contributed by atoms with Crippen molar-refractivity contribution >= 4 is 17.4 Å². The van der Waals surface area contributed by atoms with Crippen LogP contribution in [0, 0.1) is 17.2 Å². The molecule has 19 heavy (non-hydrogen) atoms. The maximum absolute atomic E-state index is 9.35. The van der Waals surface area contributed by atoms with Gasteiger partial charge in [-0.15, -0.1) is 11.8 Å². The molecule has 0 bridgehead atoms. The summed E-state index contributed by atoms with van der Waals surface area (Å²) in [4.78, 5) is 1.08. The number of benzene rings is 1. The molecule has 0 amide bonds. The van der Waals surface area contributed by atoms with Crippen LogP contribution in [-0.2, 0) is 0 Å². The van der Waals surface area contributed by atoms with Crippen LogP contribution in [0.1, 0.15) is 25.3 Å². The van der Waals surface area contributed by atoms with E-state index in [9.17, 15) is 5.26 Å². The molecule has 2 N–H and O–H groups in total. The summed E-state index contributed by atoms with van der Waals surface area (Å²) in [5, 5.41) is 16.2. The lowest BCUT2D eigenvalue weighted by Gasteiger charge is -2.23. The van der Waals surface area contributed by atoms with Crippen molar-refractivity contribution in [2.45, 2.75) is 24.7 Å². The fourth-order valence-electron chi connectivity index (χ4n) is 2.42. The van der Waals surface area contributed by atoms with E-state index in [1.807, 2.05) is 18.2 Å². The number of nitrogens with one attached hydrogen (secondary N) is 2. The highest BCUT2D eigenvalue weighted by Crippen LogP contribution is 2.28. The molecule has 1 fully saturated rings. The molecular formula is C15H21N3S. The smallest absolute Gasteiger partial charge is 0.102 e. The van der Waals surface area contributed by atoms with Gasteiger partial charge in [-0.1, -0.05) is 13.0 Å². The van der Waals surface area contributed by atoms with Gasteiger partial charge in [0.15, 0.2) is 0 Å². The lowest BCUT2D eigenvalue weighted by Crippen LogP contribution is -2.33. The third-order valence-corrected chi connectivity index (χ3v) is 4.36. The molecule has 0 saturated carbocycles. The van der Waals surface area contributed by atoms with E-state index in [0.29, 0.717) is 5.92 Å². The van der Waals surface area contributed by atoms with Crippen molar-refractivity contribution in [1.82, 2.24) is 5.32 Å². The van der Waals surface area contributed by atoms with Gasteiger partial charge in [-0.05, 0) is 49.7 Å². The van der Waals surface area contributed by atoms with Crippen LogP contribution in [0.15, 0.2) is 23.1 Å². The number of hydrogen-bond acceptors (Lipinski definition) is 4. The molecule has 2 rings (SSSR count). The van der Waals surface area contributed by atoms with Crippen molar-refractivity contribution in [3.05, 3.63) is 23.8 Å². The molecule has 1 unspecified atom stereocenters. The zero-order valence-electron chi connectivity index (χ0n) is 11.4. The SMILES string of the molecule is CCSc1cccc(NCC2CCCNC2)c1C#N. The molecule has 1 heterocycles. The summed E-state index contributed by atoms with van der Waals surface area (Å²) in [6.07, 6.45) is 2.52. The maximum Gasteiger partial charge on any atom is 0.102 e. The molecular weight excluding hydrogens is 254 g/mol. The average Bonchev–Trinajstić information content (AvgIpc) is 2.46. The van der Waals surface area contributed by atoms with Crippen molar-refractivity contribution in [1.29, 1.82) is 5.26 Å². The van der Waals surface area contributed by atoms with Gasteiger partial charge in [0.1, 0.15) is 6.07 Å². The van der Waals surface area contributed by atoms with E-state index in [1.165, 1.54) is 12.8 Å². The van der Waals surface area contributed by atoms with E-state index in [-0.39, 0.29) is 0 Å². The highest BCUT2D eigenvalue weighted by molar-refractivity contribution is 7.99. The normalized spacial score (nSPS) is 18.8. The second-order valence-electron chi connectivity index (χ2n) is 4.82. The van der Waals surface area contributed by atoms with E-state index in [2.05, 4.69) is 23.6 Å². The second kappa shape index (κ2) is 7.42. The first-order valence-corrected chi connectivity index (χ1v) is 7.94. The molecule has 1 atom stereocenters. The topological polar surface area (TPSA) is 47.8 Å². The van der Waals surface area contributed by atoms with E-state index in [4.69, 9.17) is 0 Å². The molecule has 0 radical (unpaired) electrons. The first-order valence-electron chi connectivity index (χ1n) is 6.95. The van der Waals surface area contributed by atoms with Crippen LogP contribution in [0.4, 0.5) is 5.69 Å². The van der Waals surface area contributed by atoms with Crippen molar-refractivity contribution in [3.8, 4) is 6.07 Å². The quantitative estimate of drug-likeness (QED) is 0.811. The number of nitriles is 1. The Kier molecular flexibility index (Phi) is 5.56. The minimum absolute atomic E-state index is 0.669. The number of anilines is 1. The van der Waals surface area contributed by atoms with Gasteiger partial charge in [-0.25, -0.2) is 0 Å². The van der Waals surface area contributed by atoms with Crippen LogP contribution in [0.3, 0.4) is 0 Å². The molecule has 1 aliphatic rings. The predicted octanol–water partition coefficient (Wildman–Crippen LogP) is 3.08. The minimum Gasteiger partial charge on any atom is -0.384 e. The molecule has 3 nitrogen and oxygen atoms in total.